The van der Waals surface area contributed by atoms with Crippen LogP contribution >= 0.6 is 0 Å². The third-order valence-corrected chi connectivity index (χ3v) is 6.93. The molecule has 0 saturated heterocycles. The zero-order valence-electron chi connectivity index (χ0n) is 23.6. The molecule has 7 nitrogen and oxygen atoms in total. The van der Waals surface area contributed by atoms with E-state index in [0.717, 1.165) is 21.9 Å². The van der Waals surface area contributed by atoms with Gasteiger partial charge in [0.1, 0.15) is 12.1 Å². The molecule has 3 aromatic carbocycles. The molecule has 39 heavy (non-hydrogen) atoms. The number of carbonyl (C=O) groups is 3. The Morgan fingerprint density at radius 3 is 2.18 bits per heavy atom. The molecule has 0 aliphatic carbocycles. The lowest BCUT2D eigenvalue weighted by Gasteiger charge is -2.34. The molecule has 3 N–H and O–H groups in total. The number of nitrogens with zero attached hydrogens (tertiary/aromatic N) is 2. The number of nitrogens with one attached hydrogen (secondary N) is 1. The van der Waals surface area contributed by atoms with Crippen LogP contribution in [0.25, 0.3) is 10.8 Å². The first kappa shape index (κ1) is 29.6. The maximum absolute atomic E-state index is 14.1. The minimum Gasteiger partial charge on any atom is -0.357 e. The number of hydrogen-bond acceptors (Lipinski definition) is 4. The fourth-order valence-corrected chi connectivity index (χ4v) is 4.60. The molecule has 0 bridgehead atoms. The first-order valence-electron chi connectivity index (χ1n) is 13.2. The van der Waals surface area contributed by atoms with Gasteiger partial charge in [0.2, 0.25) is 17.7 Å². The highest BCUT2D eigenvalue weighted by atomic mass is 16.2. The van der Waals surface area contributed by atoms with Crippen LogP contribution in [0, 0.1) is 0 Å². The highest BCUT2D eigenvalue weighted by Gasteiger charge is 2.34. The molecule has 2 atom stereocenters. The van der Waals surface area contributed by atoms with Gasteiger partial charge in [-0.2, -0.15) is 0 Å². The number of likely N-dealkylation sites (N-methyl/N-ethyl adjacent to an activating group) is 3. The second-order valence-corrected chi connectivity index (χ2v) is 10.7. The van der Waals surface area contributed by atoms with Crippen LogP contribution in [0.5, 0.6) is 0 Å². The largest absolute Gasteiger partial charge is 0.357 e. The van der Waals surface area contributed by atoms with Crippen molar-refractivity contribution >= 4 is 28.5 Å². The number of rotatable bonds is 11. The van der Waals surface area contributed by atoms with Crippen molar-refractivity contribution < 1.29 is 14.4 Å². The quantitative estimate of drug-likeness (QED) is 0.371. The topological polar surface area (TPSA) is 95.7 Å². The molecular weight excluding hydrogens is 488 g/mol. The van der Waals surface area contributed by atoms with Crippen LogP contribution < -0.4 is 11.1 Å². The van der Waals surface area contributed by atoms with Gasteiger partial charge in [0.25, 0.3) is 0 Å². The van der Waals surface area contributed by atoms with Crippen LogP contribution in [0.3, 0.4) is 0 Å². The first-order chi connectivity index (χ1) is 18.5. The Balaban J connectivity index is 1.97. The van der Waals surface area contributed by atoms with Crippen LogP contribution in [-0.2, 0) is 27.2 Å². The molecule has 0 fully saturated rings. The monoisotopic (exact) mass is 528 g/mol. The van der Waals surface area contributed by atoms with E-state index in [-0.39, 0.29) is 17.7 Å². The van der Waals surface area contributed by atoms with E-state index in [0.29, 0.717) is 19.3 Å². The summed E-state index contributed by atoms with van der Waals surface area (Å²) in [5.74, 6) is -0.876. The van der Waals surface area contributed by atoms with Crippen LogP contribution in [0.2, 0.25) is 0 Å². The molecule has 3 aromatic rings. The number of benzene rings is 3. The van der Waals surface area contributed by atoms with E-state index in [2.05, 4.69) is 5.32 Å². The molecule has 0 aliphatic heterocycles. The molecule has 0 unspecified atom stereocenters. The minimum atomic E-state index is -0.827. The van der Waals surface area contributed by atoms with Crippen LogP contribution in [0.15, 0.2) is 84.9 Å². The normalized spacial score (nSPS) is 13.2. The standard InChI is InChI=1S/C32H40N4O3/c1-32(2,33)20-12-19-29(37)35(4)28(22-25-17-11-16-24-15-9-10-18-26(24)25)31(39)36(5)27(30(38)34-3)21-23-13-7-6-8-14-23/h6-19,27-28H,20-22,33H2,1-5H3,(H,34,38)/b19-12-/t27-,28-/m1/s1. The van der Waals surface area contributed by atoms with Gasteiger partial charge < -0.3 is 20.9 Å². The molecule has 0 radical (unpaired) electrons. The molecular formula is C32H40N4O3. The highest BCUT2D eigenvalue weighted by molar-refractivity contribution is 5.95. The molecule has 0 spiro atoms. The number of nitrogens with two attached hydrogens (primary N) is 1. The van der Waals surface area contributed by atoms with Crippen LogP contribution in [0.1, 0.15) is 31.4 Å². The van der Waals surface area contributed by atoms with E-state index < -0.39 is 17.6 Å². The summed E-state index contributed by atoms with van der Waals surface area (Å²) in [5, 5.41) is 4.77. The van der Waals surface area contributed by atoms with Gasteiger partial charge >= 0.3 is 0 Å². The highest BCUT2D eigenvalue weighted by Crippen LogP contribution is 2.22. The van der Waals surface area contributed by atoms with E-state index in [1.165, 1.54) is 15.9 Å². The SMILES string of the molecule is CNC(=O)[C@@H](Cc1ccccc1)N(C)C(=O)[C@@H](Cc1cccc2ccccc12)N(C)C(=O)/C=C\CC(C)(C)N. The molecule has 3 amide bonds. The Kier molecular flexibility index (Phi) is 10.0. The first-order valence-corrected chi connectivity index (χ1v) is 13.2. The average Bonchev–Trinajstić information content (AvgIpc) is 2.93. The van der Waals surface area contributed by atoms with Gasteiger partial charge in [0.15, 0.2) is 0 Å². The van der Waals surface area contributed by atoms with Gasteiger partial charge in [-0.05, 0) is 48.2 Å². The Labute approximate surface area is 231 Å². The minimum absolute atomic E-state index is 0.266. The third kappa shape index (κ3) is 8.01. The van der Waals surface area contributed by atoms with Crippen molar-refractivity contribution in [3.63, 3.8) is 0 Å². The summed E-state index contributed by atoms with van der Waals surface area (Å²) >= 11 is 0. The molecule has 7 heteroatoms. The number of fused-ring (bicyclic) bond motifs is 1. The van der Waals surface area contributed by atoms with Crippen molar-refractivity contribution in [2.75, 3.05) is 21.1 Å². The average molecular weight is 529 g/mol. The summed E-state index contributed by atoms with van der Waals surface area (Å²) in [5.41, 5.74) is 7.50. The van der Waals surface area contributed by atoms with Gasteiger partial charge in [-0.1, -0.05) is 78.9 Å². The molecule has 0 aliphatic rings. The summed E-state index contributed by atoms with van der Waals surface area (Å²) in [6, 6.07) is 22.0. The molecule has 0 aromatic heterocycles. The lowest BCUT2D eigenvalue weighted by molar-refractivity contribution is -0.146. The Hall–Kier alpha value is -3.97. The third-order valence-electron chi connectivity index (χ3n) is 6.93. The van der Waals surface area contributed by atoms with Crippen molar-refractivity contribution in [1.82, 2.24) is 15.1 Å². The van der Waals surface area contributed by atoms with Crippen molar-refractivity contribution in [3.8, 4) is 0 Å². The zero-order valence-corrected chi connectivity index (χ0v) is 23.6. The summed E-state index contributed by atoms with van der Waals surface area (Å²) in [6.07, 6.45) is 4.38. The van der Waals surface area contributed by atoms with Crippen molar-refractivity contribution in [3.05, 3.63) is 96.1 Å². The molecule has 3 rings (SSSR count). The van der Waals surface area contributed by atoms with E-state index in [4.69, 9.17) is 5.73 Å². The summed E-state index contributed by atoms with van der Waals surface area (Å²) in [7, 11) is 4.83. The fourth-order valence-electron chi connectivity index (χ4n) is 4.60. The van der Waals surface area contributed by atoms with E-state index in [9.17, 15) is 14.4 Å². The zero-order chi connectivity index (χ0) is 28.6. The molecule has 206 valence electrons. The maximum Gasteiger partial charge on any atom is 0.246 e. The van der Waals surface area contributed by atoms with Crippen molar-refractivity contribution in [1.29, 1.82) is 0 Å². The lowest BCUT2D eigenvalue weighted by atomic mass is 9.96. The molecule has 0 heterocycles. The summed E-state index contributed by atoms with van der Waals surface area (Å²) < 4.78 is 0. The molecule has 0 saturated carbocycles. The van der Waals surface area contributed by atoms with Gasteiger partial charge in [-0.25, -0.2) is 0 Å². The van der Waals surface area contributed by atoms with Gasteiger partial charge in [0, 0.05) is 39.5 Å². The number of amides is 3. The van der Waals surface area contributed by atoms with Crippen LogP contribution in [-0.4, -0.2) is 66.3 Å². The van der Waals surface area contributed by atoms with E-state index in [1.807, 2.05) is 86.6 Å². The summed E-state index contributed by atoms with van der Waals surface area (Å²) in [4.78, 5) is 43.3. The number of carbonyl (C=O) groups excluding carboxylic acids is 3. The van der Waals surface area contributed by atoms with Gasteiger partial charge in [-0.3, -0.25) is 14.4 Å². The second kappa shape index (κ2) is 13.2. The predicted octanol–water partition coefficient (Wildman–Crippen LogP) is 3.71. The second-order valence-electron chi connectivity index (χ2n) is 10.7. The Bertz CT molecular complexity index is 1310. The van der Waals surface area contributed by atoms with E-state index >= 15 is 0 Å². The maximum atomic E-state index is 14.1. The van der Waals surface area contributed by atoms with Crippen LogP contribution in [0.4, 0.5) is 0 Å². The van der Waals surface area contributed by atoms with Crippen molar-refractivity contribution in [2.45, 2.75) is 50.7 Å². The lowest BCUT2D eigenvalue weighted by Crippen LogP contribution is -2.55. The van der Waals surface area contributed by atoms with Gasteiger partial charge in [0.05, 0.1) is 0 Å². The Morgan fingerprint density at radius 2 is 1.51 bits per heavy atom. The predicted molar refractivity (Wildman–Crippen MR) is 157 cm³/mol. The van der Waals surface area contributed by atoms with Gasteiger partial charge in [-0.15, -0.1) is 0 Å². The Morgan fingerprint density at radius 1 is 0.872 bits per heavy atom. The fraction of sp³-hybridized carbons (Fsp3) is 0.344. The van der Waals surface area contributed by atoms with E-state index in [1.54, 1.807) is 27.2 Å². The number of hydrogen-bond donors (Lipinski definition) is 2. The van der Waals surface area contributed by atoms with Crippen molar-refractivity contribution in [2.24, 2.45) is 5.73 Å². The summed E-state index contributed by atoms with van der Waals surface area (Å²) in [6.45, 7) is 3.78. The smallest absolute Gasteiger partial charge is 0.246 e.